The molecule has 5 heterocycles. The highest BCUT2D eigenvalue weighted by Gasteiger charge is 2.21. The number of hydrogen-bond acceptors (Lipinski definition) is 6. The Morgan fingerprint density at radius 2 is 0.824 bits per heavy atom. The summed E-state index contributed by atoms with van der Waals surface area (Å²) in [6.07, 6.45) is 0. The summed E-state index contributed by atoms with van der Waals surface area (Å²) in [6, 6.07) is 74.0. The molecule has 7 heteroatoms. The number of nitrogens with zero attached hydrogens (tertiary/aromatic N) is 4. The second kappa shape index (κ2) is 14.5. The van der Waals surface area contributed by atoms with Gasteiger partial charge in [0.05, 0.1) is 16.7 Å². The molecule has 10 aromatic carbocycles. The van der Waals surface area contributed by atoms with Crippen molar-refractivity contribution in [3.63, 3.8) is 0 Å². The molecule has 5 aromatic heterocycles. The van der Waals surface area contributed by atoms with Crippen LogP contribution in [0.1, 0.15) is 0 Å². The lowest BCUT2D eigenvalue weighted by atomic mass is 9.98. The van der Waals surface area contributed by atoms with Gasteiger partial charge in [-0.05, 0) is 95.2 Å². The molecule has 0 bridgehead atoms. The molecule has 0 unspecified atom stereocenters. The Hall–Kier alpha value is -8.49. The molecule has 15 rings (SSSR count). The summed E-state index contributed by atoms with van der Waals surface area (Å²) in [7, 11) is 0. The van der Waals surface area contributed by atoms with Crippen molar-refractivity contribution in [1.82, 2.24) is 19.5 Å². The minimum atomic E-state index is 0.601. The summed E-state index contributed by atoms with van der Waals surface area (Å²) in [5.74, 6) is 1.86. The van der Waals surface area contributed by atoms with Crippen molar-refractivity contribution in [2.75, 3.05) is 0 Å². The summed E-state index contributed by atoms with van der Waals surface area (Å²) in [5.41, 5.74) is 9.87. The van der Waals surface area contributed by atoms with E-state index in [0.29, 0.717) is 17.5 Å². The highest BCUT2D eigenvalue weighted by atomic mass is 32.1. The zero-order valence-electron chi connectivity index (χ0n) is 36.1. The van der Waals surface area contributed by atoms with Crippen LogP contribution >= 0.6 is 22.7 Å². The predicted octanol–water partition coefficient (Wildman–Crippen LogP) is 17.4. The van der Waals surface area contributed by atoms with E-state index in [0.717, 1.165) is 66.5 Å². The average molecular weight is 903 g/mol. The first kappa shape index (κ1) is 37.7. The van der Waals surface area contributed by atoms with E-state index in [-0.39, 0.29) is 0 Å². The van der Waals surface area contributed by atoms with Gasteiger partial charge in [-0.1, -0.05) is 127 Å². The van der Waals surface area contributed by atoms with Crippen LogP contribution in [0.4, 0.5) is 0 Å². The summed E-state index contributed by atoms with van der Waals surface area (Å²) in [4.78, 5) is 16.0. The second-order valence-electron chi connectivity index (χ2n) is 17.5. The molecule has 0 aliphatic rings. The molecule has 0 aliphatic carbocycles. The van der Waals surface area contributed by atoms with Gasteiger partial charge in [-0.2, -0.15) is 0 Å². The summed E-state index contributed by atoms with van der Waals surface area (Å²) >= 11 is 3.60. The van der Waals surface area contributed by atoms with Gasteiger partial charge in [0.25, 0.3) is 0 Å². The van der Waals surface area contributed by atoms with Crippen molar-refractivity contribution < 1.29 is 4.42 Å². The van der Waals surface area contributed by atoms with E-state index >= 15 is 0 Å². The predicted molar refractivity (Wildman–Crippen MR) is 286 cm³/mol. The third kappa shape index (κ3) is 5.76. The van der Waals surface area contributed by atoms with Crippen molar-refractivity contribution in [2.24, 2.45) is 0 Å². The van der Waals surface area contributed by atoms with Crippen LogP contribution in [0.5, 0.6) is 0 Å². The van der Waals surface area contributed by atoms with Crippen molar-refractivity contribution in [3.8, 4) is 51.0 Å². The fourth-order valence-corrected chi connectivity index (χ4v) is 12.7. The van der Waals surface area contributed by atoms with Crippen molar-refractivity contribution in [1.29, 1.82) is 0 Å². The summed E-state index contributed by atoms with van der Waals surface area (Å²) in [6.45, 7) is 0. The van der Waals surface area contributed by atoms with Gasteiger partial charge in [0, 0.05) is 84.1 Å². The van der Waals surface area contributed by atoms with Gasteiger partial charge in [-0.3, -0.25) is 0 Å². The number of fused-ring (bicyclic) bond motifs is 13. The standard InChI is InChI=1S/C61H34N4OS2/c1-2-12-36-31-52-49(29-35(36)11-1)41-13-3-7-17-50(41)65(52)51-28-24-38(30-48(51)37-21-25-43-42-14-4-8-18-53(42)66-54(43)32-37)59-62-60(39-22-26-46-44-15-5-9-19-55(44)67-57(46)33-39)64-61(63-59)40-23-27-47-45-16-6-10-20-56(45)68-58(47)34-40/h1-34H. The molecule has 0 fully saturated rings. The number of furan rings is 1. The number of benzene rings is 10. The Morgan fingerprint density at radius 3 is 1.51 bits per heavy atom. The van der Waals surface area contributed by atoms with Gasteiger partial charge in [0.15, 0.2) is 17.5 Å². The Morgan fingerprint density at radius 1 is 0.324 bits per heavy atom. The van der Waals surface area contributed by atoms with E-state index in [1.54, 1.807) is 22.7 Å². The van der Waals surface area contributed by atoms with E-state index in [1.807, 2.05) is 12.1 Å². The minimum absolute atomic E-state index is 0.601. The van der Waals surface area contributed by atoms with Gasteiger partial charge >= 0.3 is 0 Å². The third-order valence-corrected chi connectivity index (χ3v) is 15.9. The Balaban J connectivity index is 0.981. The number of aromatic nitrogens is 4. The van der Waals surface area contributed by atoms with Crippen molar-refractivity contribution >= 4 is 118 Å². The van der Waals surface area contributed by atoms with Crippen LogP contribution in [0.3, 0.4) is 0 Å². The fraction of sp³-hybridized carbons (Fsp3) is 0. The number of hydrogen-bond donors (Lipinski definition) is 0. The Bertz CT molecular complexity index is 4460. The molecule has 68 heavy (non-hydrogen) atoms. The average Bonchev–Trinajstić information content (AvgIpc) is 4.16. The van der Waals surface area contributed by atoms with E-state index in [4.69, 9.17) is 19.4 Å². The minimum Gasteiger partial charge on any atom is -0.456 e. The van der Waals surface area contributed by atoms with Crippen molar-refractivity contribution in [3.05, 3.63) is 206 Å². The van der Waals surface area contributed by atoms with E-state index in [9.17, 15) is 0 Å². The second-order valence-corrected chi connectivity index (χ2v) is 19.7. The van der Waals surface area contributed by atoms with Crippen LogP contribution in [0.2, 0.25) is 0 Å². The molecule has 0 aliphatic heterocycles. The highest BCUT2D eigenvalue weighted by molar-refractivity contribution is 7.26. The van der Waals surface area contributed by atoms with Gasteiger partial charge in [-0.25, -0.2) is 15.0 Å². The number of rotatable bonds is 5. The first-order chi connectivity index (χ1) is 33.6. The lowest BCUT2D eigenvalue weighted by Crippen LogP contribution is -2.02. The Kier molecular flexibility index (Phi) is 8.04. The smallest absolute Gasteiger partial charge is 0.164 e. The topological polar surface area (TPSA) is 56.7 Å². The van der Waals surface area contributed by atoms with Gasteiger partial charge in [0.1, 0.15) is 11.2 Å². The molecule has 0 spiro atoms. The fourth-order valence-electron chi connectivity index (χ4n) is 10.4. The van der Waals surface area contributed by atoms with Gasteiger partial charge < -0.3 is 8.98 Å². The van der Waals surface area contributed by atoms with Crippen LogP contribution in [-0.2, 0) is 0 Å². The molecule has 316 valence electrons. The first-order valence-corrected chi connectivity index (χ1v) is 24.4. The van der Waals surface area contributed by atoms with Crippen molar-refractivity contribution in [2.45, 2.75) is 0 Å². The first-order valence-electron chi connectivity index (χ1n) is 22.7. The van der Waals surface area contributed by atoms with Crippen LogP contribution in [0.15, 0.2) is 211 Å². The maximum Gasteiger partial charge on any atom is 0.164 e. The summed E-state index contributed by atoms with van der Waals surface area (Å²) in [5, 5.41) is 12.0. The zero-order valence-corrected chi connectivity index (χ0v) is 37.8. The number of thiophene rings is 2. The van der Waals surface area contributed by atoms with Gasteiger partial charge in [-0.15, -0.1) is 22.7 Å². The maximum absolute atomic E-state index is 6.54. The SMILES string of the molecule is c1ccc2cc3c(cc2c1)c1ccccc1n3-c1ccc(-c2nc(-c3ccc4c(c3)sc3ccccc34)nc(-c3ccc4c(c3)sc3ccccc34)n2)cc1-c1ccc2c(c1)oc1ccccc12. The molecule has 0 amide bonds. The van der Waals surface area contributed by atoms with E-state index < -0.39 is 0 Å². The normalized spacial score (nSPS) is 12.1. The molecular formula is C61H34N4OS2. The molecule has 0 radical (unpaired) electrons. The maximum atomic E-state index is 6.54. The van der Waals surface area contributed by atoms with Crippen LogP contribution in [-0.4, -0.2) is 19.5 Å². The van der Waals surface area contributed by atoms with E-state index in [2.05, 4.69) is 199 Å². The largest absolute Gasteiger partial charge is 0.456 e. The monoisotopic (exact) mass is 902 g/mol. The number of para-hydroxylation sites is 2. The lowest BCUT2D eigenvalue weighted by Gasteiger charge is -2.16. The quantitative estimate of drug-likeness (QED) is 0.173. The molecular weight excluding hydrogens is 869 g/mol. The highest BCUT2D eigenvalue weighted by Crippen LogP contribution is 2.43. The molecule has 15 aromatic rings. The third-order valence-electron chi connectivity index (χ3n) is 13.6. The van der Waals surface area contributed by atoms with E-state index in [1.165, 1.54) is 61.9 Å². The van der Waals surface area contributed by atoms with Gasteiger partial charge in [0.2, 0.25) is 0 Å². The molecule has 5 nitrogen and oxygen atoms in total. The molecule has 0 saturated heterocycles. The Labute approximate surface area is 396 Å². The molecule has 0 atom stereocenters. The lowest BCUT2D eigenvalue weighted by molar-refractivity contribution is 0.669. The van der Waals surface area contributed by atoms with Crippen LogP contribution in [0.25, 0.3) is 146 Å². The zero-order chi connectivity index (χ0) is 44.5. The molecule has 0 N–H and O–H groups in total. The van der Waals surface area contributed by atoms with Crippen LogP contribution in [0, 0.1) is 0 Å². The summed E-state index contributed by atoms with van der Waals surface area (Å²) < 4.78 is 13.9. The van der Waals surface area contributed by atoms with Crippen LogP contribution < -0.4 is 0 Å². The molecule has 0 saturated carbocycles.